The van der Waals surface area contributed by atoms with Crippen LogP contribution >= 0.6 is 12.2 Å². The van der Waals surface area contributed by atoms with Crippen LogP contribution in [0.15, 0.2) is 0 Å². The first kappa shape index (κ1) is 11.8. The van der Waals surface area contributed by atoms with Crippen LogP contribution in [0, 0.1) is 11.3 Å². The molecule has 1 unspecified atom stereocenters. The molecule has 2 aliphatic rings. The second kappa shape index (κ2) is 4.32. The summed E-state index contributed by atoms with van der Waals surface area (Å²) in [6, 6.07) is 0.256. The van der Waals surface area contributed by atoms with Crippen LogP contribution in [0.1, 0.15) is 45.4 Å². The number of thiocarbonyl (C=S) groups is 1. The van der Waals surface area contributed by atoms with Crippen LogP contribution in [0.3, 0.4) is 0 Å². The summed E-state index contributed by atoms with van der Waals surface area (Å²) in [6.45, 7) is 2.07. The fourth-order valence-electron chi connectivity index (χ4n) is 2.39. The van der Waals surface area contributed by atoms with Crippen molar-refractivity contribution >= 4 is 23.1 Å². The normalized spacial score (nSPS) is 24.3. The van der Waals surface area contributed by atoms with E-state index in [0.717, 1.165) is 31.6 Å². The molecular weight excluding hydrogens is 220 g/mol. The SMILES string of the molecule is CC(CC1CC1)NC(=O)C1(C(N)=S)CCC1. The number of carbonyl (C=O) groups is 1. The Bertz CT molecular complexity index is 308. The van der Waals surface area contributed by atoms with Crippen LogP contribution < -0.4 is 11.1 Å². The molecule has 1 atom stereocenters. The fraction of sp³-hybridized carbons (Fsp3) is 0.833. The molecule has 0 radical (unpaired) electrons. The highest BCUT2D eigenvalue weighted by Crippen LogP contribution is 2.42. The van der Waals surface area contributed by atoms with Gasteiger partial charge in [-0.15, -0.1) is 0 Å². The number of carbonyl (C=O) groups excluding carboxylic acids is 1. The van der Waals surface area contributed by atoms with Crippen LogP contribution in [0.2, 0.25) is 0 Å². The summed E-state index contributed by atoms with van der Waals surface area (Å²) < 4.78 is 0. The Morgan fingerprint density at radius 3 is 2.56 bits per heavy atom. The van der Waals surface area contributed by atoms with Gasteiger partial charge in [0.2, 0.25) is 5.91 Å². The van der Waals surface area contributed by atoms with Crippen LogP contribution in [-0.4, -0.2) is 16.9 Å². The molecule has 0 aromatic heterocycles. The highest BCUT2D eigenvalue weighted by Gasteiger charge is 2.47. The number of hydrogen-bond donors (Lipinski definition) is 2. The molecule has 2 saturated carbocycles. The van der Waals surface area contributed by atoms with Crippen molar-refractivity contribution in [3.8, 4) is 0 Å². The number of nitrogens with one attached hydrogen (secondary N) is 1. The van der Waals surface area contributed by atoms with Crippen LogP contribution in [0.5, 0.6) is 0 Å². The monoisotopic (exact) mass is 240 g/mol. The molecule has 90 valence electrons. The first-order valence-electron chi connectivity index (χ1n) is 6.15. The maximum atomic E-state index is 12.1. The van der Waals surface area contributed by atoms with Gasteiger partial charge in [-0.1, -0.05) is 31.5 Å². The van der Waals surface area contributed by atoms with Gasteiger partial charge in [-0.05, 0) is 32.1 Å². The van der Waals surface area contributed by atoms with Crippen molar-refractivity contribution in [2.75, 3.05) is 0 Å². The lowest BCUT2D eigenvalue weighted by molar-refractivity contribution is -0.131. The summed E-state index contributed by atoms with van der Waals surface area (Å²) in [5, 5.41) is 3.07. The van der Waals surface area contributed by atoms with E-state index in [-0.39, 0.29) is 11.9 Å². The quantitative estimate of drug-likeness (QED) is 0.720. The summed E-state index contributed by atoms with van der Waals surface area (Å²) in [4.78, 5) is 12.5. The molecule has 0 aromatic rings. The van der Waals surface area contributed by atoms with E-state index in [1.807, 2.05) is 0 Å². The molecule has 1 amide bonds. The van der Waals surface area contributed by atoms with Gasteiger partial charge in [0.15, 0.2) is 0 Å². The fourth-order valence-corrected chi connectivity index (χ4v) is 2.69. The number of rotatable bonds is 5. The second-order valence-corrected chi connectivity index (χ2v) is 5.79. The third-order valence-electron chi connectivity index (χ3n) is 3.87. The molecule has 0 aliphatic heterocycles. The molecule has 0 aromatic carbocycles. The van der Waals surface area contributed by atoms with Gasteiger partial charge in [0.1, 0.15) is 0 Å². The summed E-state index contributed by atoms with van der Waals surface area (Å²) in [7, 11) is 0. The van der Waals surface area contributed by atoms with Crippen molar-refractivity contribution in [2.24, 2.45) is 17.1 Å². The third kappa shape index (κ3) is 2.21. The van der Waals surface area contributed by atoms with Gasteiger partial charge in [0.25, 0.3) is 0 Å². The maximum absolute atomic E-state index is 12.1. The molecule has 16 heavy (non-hydrogen) atoms. The number of nitrogens with two attached hydrogens (primary N) is 1. The van der Waals surface area contributed by atoms with Gasteiger partial charge in [-0.25, -0.2) is 0 Å². The second-order valence-electron chi connectivity index (χ2n) is 5.35. The average molecular weight is 240 g/mol. The Balaban J connectivity index is 1.87. The molecule has 0 saturated heterocycles. The van der Waals surface area contributed by atoms with E-state index in [2.05, 4.69) is 12.2 Å². The van der Waals surface area contributed by atoms with Gasteiger partial charge in [0.05, 0.1) is 10.4 Å². The highest BCUT2D eigenvalue weighted by molar-refractivity contribution is 7.80. The maximum Gasteiger partial charge on any atom is 0.233 e. The van der Waals surface area contributed by atoms with Gasteiger partial charge in [-0.3, -0.25) is 4.79 Å². The molecular formula is C12H20N2OS. The number of hydrogen-bond acceptors (Lipinski definition) is 2. The summed E-state index contributed by atoms with van der Waals surface area (Å²) in [5.74, 6) is 0.886. The molecule has 4 heteroatoms. The predicted molar refractivity (Wildman–Crippen MR) is 68.0 cm³/mol. The topological polar surface area (TPSA) is 55.1 Å². The van der Waals surface area contributed by atoms with Gasteiger partial charge >= 0.3 is 0 Å². The van der Waals surface area contributed by atoms with E-state index in [9.17, 15) is 4.79 Å². The molecule has 0 spiro atoms. The zero-order valence-electron chi connectivity index (χ0n) is 9.79. The van der Waals surface area contributed by atoms with E-state index in [0.29, 0.717) is 4.99 Å². The summed E-state index contributed by atoms with van der Waals surface area (Å²) in [6.07, 6.45) is 6.44. The lowest BCUT2D eigenvalue weighted by atomic mass is 9.68. The van der Waals surface area contributed by atoms with Crippen LogP contribution in [0.4, 0.5) is 0 Å². The van der Waals surface area contributed by atoms with Crippen LogP contribution in [-0.2, 0) is 4.79 Å². The van der Waals surface area contributed by atoms with Crippen molar-refractivity contribution in [1.82, 2.24) is 5.32 Å². The zero-order valence-corrected chi connectivity index (χ0v) is 10.6. The molecule has 3 N–H and O–H groups in total. The molecule has 2 fully saturated rings. The molecule has 2 aliphatic carbocycles. The molecule has 0 heterocycles. The van der Waals surface area contributed by atoms with Crippen molar-refractivity contribution in [2.45, 2.75) is 51.5 Å². The third-order valence-corrected chi connectivity index (χ3v) is 4.27. The Hall–Kier alpha value is -0.640. The Kier molecular flexibility index (Phi) is 3.19. The van der Waals surface area contributed by atoms with E-state index >= 15 is 0 Å². The van der Waals surface area contributed by atoms with E-state index in [1.54, 1.807) is 0 Å². The molecule has 3 nitrogen and oxygen atoms in total. The summed E-state index contributed by atoms with van der Waals surface area (Å²) >= 11 is 5.03. The van der Waals surface area contributed by atoms with Crippen LogP contribution in [0.25, 0.3) is 0 Å². The van der Waals surface area contributed by atoms with Crippen molar-refractivity contribution in [3.05, 3.63) is 0 Å². The first-order valence-corrected chi connectivity index (χ1v) is 6.56. The minimum Gasteiger partial charge on any atom is -0.392 e. The average Bonchev–Trinajstić information content (AvgIpc) is 2.83. The molecule has 2 rings (SSSR count). The predicted octanol–water partition coefficient (Wildman–Crippen LogP) is 1.75. The lowest BCUT2D eigenvalue weighted by Gasteiger charge is -2.39. The zero-order chi connectivity index (χ0) is 11.8. The summed E-state index contributed by atoms with van der Waals surface area (Å²) in [5.41, 5.74) is 5.17. The van der Waals surface area contributed by atoms with E-state index < -0.39 is 5.41 Å². The largest absolute Gasteiger partial charge is 0.392 e. The van der Waals surface area contributed by atoms with Crippen molar-refractivity contribution < 1.29 is 4.79 Å². The lowest BCUT2D eigenvalue weighted by Crippen LogP contribution is -2.54. The smallest absolute Gasteiger partial charge is 0.233 e. The minimum absolute atomic E-state index is 0.0550. The standard InChI is InChI=1S/C12H20N2OS/c1-8(7-9-3-4-9)14-11(15)12(10(13)16)5-2-6-12/h8-9H,2-7H2,1H3,(H2,13,16)(H,14,15). The van der Waals surface area contributed by atoms with Gasteiger partial charge in [0, 0.05) is 6.04 Å². The Labute approximate surface area is 102 Å². The van der Waals surface area contributed by atoms with Crippen molar-refractivity contribution in [3.63, 3.8) is 0 Å². The van der Waals surface area contributed by atoms with E-state index in [1.165, 1.54) is 12.8 Å². The minimum atomic E-state index is -0.521. The Morgan fingerprint density at radius 1 is 1.56 bits per heavy atom. The Morgan fingerprint density at radius 2 is 2.19 bits per heavy atom. The molecule has 0 bridgehead atoms. The van der Waals surface area contributed by atoms with Crippen molar-refractivity contribution in [1.29, 1.82) is 0 Å². The number of amides is 1. The first-order chi connectivity index (χ1) is 7.54. The van der Waals surface area contributed by atoms with E-state index in [4.69, 9.17) is 18.0 Å². The van der Waals surface area contributed by atoms with Gasteiger partial charge < -0.3 is 11.1 Å². The highest BCUT2D eigenvalue weighted by atomic mass is 32.1. The van der Waals surface area contributed by atoms with Gasteiger partial charge in [-0.2, -0.15) is 0 Å².